The summed E-state index contributed by atoms with van der Waals surface area (Å²) in [6.07, 6.45) is 3.77. The molecule has 0 N–H and O–H groups in total. The molecule has 1 aliphatic heterocycles. The molecule has 0 saturated carbocycles. The molecule has 0 radical (unpaired) electrons. The number of methoxy groups -OCH3 is 1. The van der Waals surface area contributed by atoms with E-state index in [0.29, 0.717) is 24.6 Å². The summed E-state index contributed by atoms with van der Waals surface area (Å²) in [5, 5.41) is 0. The fourth-order valence-electron chi connectivity index (χ4n) is 3.59. The van der Waals surface area contributed by atoms with Crippen LogP contribution in [0.2, 0.25) is 0 Å². The van der Waals surface area contributed by atoms with Gasteiger partial charge in [0.2, 0.25) is 0 Å². The van der Waals surface area contributed by atoms with Gasteiger partial charge < -0.3 is 14.4 Å². The molecule has 3 rings (SSSR count). The zero-order chi connectivity index (χ0) is 20.9. The summed E-state index contributed by atoms with van der Waals surface area (Å²) < 4.78 is 24.4. The van der Waals surface area contributed by atoms with Crippen LogP contribution in [0.25, 0.3) is 11.3 Å². The van der Waals surface area contributed by atoms with Crippen LogP contribution < -0.4 is 4.74 Å². The molecule has 2 aromatic rings. The van der Waals surface area contributed by atoms with E-state index in [2.05, 4.69) is 9.88 Å². The third-order valence-electron chi connectivity index (χ3n) is 5.13. The molecule has 0 bridgehead atoms. The van der Waals surface area contributed by atoms with E-state index in [4.69, 9.17) is 9.47 Å². The summed E-state index contributed by atoms with van der Waals surface area (Å²) in [5.41, 5.74) is 1.11. The first-order valence-corrected chi connectivity index (χ1v) is 10.0. The average molecular weight is 400 g/mol. The van der Waals surface area contributed by atoms with Crippen molar-refractivity contribution >= 4 is 5.97 Å². The van der Waals surface area contributed by atoms with Gasteiger partial charge >= 0.3 is 5.97 Å². The van der Waals surface area contributed by atoms with Gasteiger partial charge in [0.1, 0.15) is 11.4 Å². The van der Waals surface area contributed by atoms with Crippen LogP contribution in [0.3, 0.4) is 0 Å². The molecule has 6 heteroatoms. The third-order valence-corrected chi connectivity index (χ3v) is 5.13. The first-order valence-electron chi connectivity index (χ1n) is 10.0. The largest absolute Gasteiger partial charge is 0.492 e. The number of ether oxygens (including phenoxy) is 2. The molecular formula is C23H29FN2O3. The summed E-state index contributed by atoms with van der Waals surface area (Å²) >= 11 is 0. The first-order chi connectivity index (χ1) is 13.8. The van der Waals surface area contributed by atoms with Gasteiger partial charge in [0, 0.05) is 12.1 Å². The Hall–Kier alpha value is -2.47. The van der Waals surface area contributed by atoms with Crippen molar-refractivity contribution in [3.63, 3.8) is 0 Å². The fourth-order valence-corrected chi connectivity index (χ4v) is 3.59. The standard InChI is InChI=1S/C23H29FN2O3/c1-23(2,24)16-26-12-10-17(11-13-26)15-29-20-8-9-21(25-14-20)18-4-6-19(7-5-18)22(27)28-3/h4-9,14,17H,10-13,15-16H2,1-3H3. The monoisotopic (exact) mass is 400 g/mol. The summed E-state index contributed by atoms with van der Waals surface area (Å²) in [6, 6.07) is 11.0. The smallest absolute Gasteiger partial charge is 0.337 e. The summed E-state index contributed by atoms with van der Waals surface area (Å²) in [6.45, 7) is 6.24. The SMILES string of the molecule is COC(=O)c1ccc(-c2ccc(OCC3CCN(CC(C)(C)F)CC3)cn2)cc1. The number of likely N-dealkylation sites (tertiary alicyclic amines) is 1. The van der Waals surface area contributed by atoms with E-state index in [1.54, 1.807) is 32.2 Å². The molecule has 1 aromatic carbocycles. The Morgan fingerprint density at radius 3 is 2.41 bits per heavy atom. The minimum absolute atomic E-state index is 0.354. The summed E-state index contributed by atoms with van der Waals surface area (Å²) in [5.74, 6) is 0.874. The molecule has 0 spiro atoms. The minimum atomic E-state index is -1.14. The van der Waals surface area contributed by atoms with E-state index in [9.17, 15) is 9.18 Å². The fraction of sp³-hybridized carbons (Fsp3) is 0.478. The number of hydrogen-bond acceptors (Lipinski definition) is 5. The normalized spacial score (nSPS) is 15.9. The average Bonchev–Trinajstić information content (AvgIpc) is 2.72. The molecule has 2 heterocycles. The van der Waals surface area contributed by atoms with Gasteiger partial charge in [-0.25, -0.2) is 9.18 Å². The Morgan fingerprint density at radius 1 is 1.17 bits per heavy atom. The predicted molar refractivity (Wildman–Crippen MR) is 111 cm³/mol. The van der Waals surface area contributed by atoms with Crippen LogP contribution in [0.1, 0.15) is 37.0 Å². The van der Waals surface area contributed by atoms with Crippen molar-refractivity contribution in [3.8, 4) is 17.0 Å². The van der Waals surface area contributed by atoms with Crippen molar-refractivity contribution in [2.75, 3.05) is 33.4 Å². The zero-order valence-electron chi connectivity index (χ0n) is 17.4. The number of nitrogens with zero attached hydrogens (tertiary/aromatic N) is 2. The van der Waals surface area contributed by atoms with E-state index < -0.39 is 5.67 Å². The quantitative estimate of drug-likeness (QED) is 0.646. The Balaban J connectivity index is 1.48. The predicted octanol–water partition coefficient (Wildman–Crippen LogP) is 4.37. The molecule has 1 fully saturated rings. The van der Waals surface area contributed by atoms with Crippen molar-refractivity contribution < 1.29 is 18.7 Å². The maximum absolute atomic E-state index is 13.8. The van der Waals surface area contributed by atoms with Gasteiger partial charge in [-0.15, -0.1) is 0 Å². The van der Waals surface area contributed by atoms with E-state index >= 15 is 0 Å². The summed E-state index contributed by atoms with van der Waals surface area (Å²) in [7, 11) is 1.37. The lowest BCUT2D eigenvalue weighted by molar-refractivity contribution is 0.0600. The van der Waals surface area contributed by atoms with E-state index in [0.717, 1.165) is 42.9 Å². The molecule has 1 aliphatic rings. The second-order valence-corrected chi connectivity index (χ2v) is 8.20. The van der Waals surface area contributed by atoms with Gasteiger partial charge in [-0.2, -0.15) is 0 Å². The number of carbonyl (C=O) groups is 1. The van der Waals surface area contributed by atoms with Crippen LogP contribution in [-0.4, -0.2) is 54.9 Å². The van der Waals surface area contributed by atoms with Gasteiger partial charge in [-0.05, 0) is 70.0 Å². The molecule has 0 atom stereocenters. The van der Waals surface area contributed by atoms with E-state index in [1.165, 1.54) is 7.11 Å². The van der Waals surface area contributed by atoms with Crippen molar-refractivity contribution in [3.05, 3.63) is 48.2 Å². The van der Waals surface area contributed by atoms with Crippen LogP contribution >= 0.6 is 0 Å². The summed E-state index contributed by atoms with van der Waals surface area (Å²) in [4.78, 5) is 18.2. The van der Waals surface area contributed by atoms with Crippen LogP contribution in [0.4, 0.5) is 4.39 Å². The lowest BCUT2D eigenvalue weighted by atomic mass is 9.97. The molecule has 0 unspecified atom stereocenters. The Bertz CT molecular complexity index is 792. The van der Waals surface area contributed by atoms with Gasteiger partial charge in [0.25, 0.3) is 0 Å². The van der Waals surface area contributed by atoms with Gasteiger partial charge in [0.05, 0.1) is 31.2 Å². The molecule has 29 heavy (non-hydrogen) atoms. The number of halogens is 1. The number of pyridine rings is 1. The Labute approximate surface area is 171 Å². The number of carbonyl (C=O) groups excluding carboxylic acids is 1. The van der Waals surface area contributed by atoms with Crippen molar-refractivity contribution in [1.29, 1.82) is 0 Å². The number of hydrogen-bond donors (Lipinski definition) is 0. The first kappa shape index (κ1) is 21.2. The highest BCUT2D eigenvalue weighted by Crippen LogP contribution is 2.23. The molecule has 0 amide bonds. The van der Waals surface area contributed by atoms with E-state index in [1.807, 2.05) is 24.3 Å². The highest BCUT2D eigenvalue weighted by Gasteiger charge is 2.25. The minimum Gasteiger partial charge on any atom is -0.492 e. The molecular weight excluding hydrogens is 371 g/mol. The number of aromatic nitrogens is 1. The Morgan fingerprint density at radius 2 is 1.86 bits per heavy atom. The van der Waals surface area contributed by atoms with Crippen LogP contribution in [0.5, 0.6) is 5.75 Å². The molecule has 5 nitrogen and oxygen atoms in total. The maximum atomic E-state index is 13.8. The van der Waals surface area contributed by atoms with Crippen molar-refractivity contribution in [2.45, 2.75) is 32.4 Å². The molecule has 1 aromatic heterocycles. The van der Waals surface area contributed by atoms with Crippen molar-refractivity contribution in [1.82, 2.24) is 9.88 Å². The van der Waals surface area contributed by atoms with Crippen LogP contribution in [-0.2, 0) is 4.74 Å². The Kier molecular flexibility index (Phi) is 6.85. The van der Waals surface area contributed by atoms with Gasteiger partial charge in [-0.3, -0.25) is 4.98 Å². The molecule has 0 aliphatic carbocycles. The molecule has 1 saturated heterocycles. The number of alkyl halides is 1. The second kappa shape index (κ2) is 9.35. The lowest BCUT2D eigenvalue weighted by Gasteiger charge is -2.34. The number of benzene rings is 1. The molecule has 156 valence electrons. The number of piperidine rings is 1. The van der Waals surface area contributed by atoms with E-state index in [-0.39, 0.29) is 5.97 Å². The van der Waals surface area contributed by atoms with Gasteiger partial charge in [0.15, 0.2) is 0 Å². The lowest BCUT2D eigenvalue weighted by Crippen LogP contribution is -2.41. The number of esters is 1. The van der Waals surface area contributed by atoms with Gasteiger partial charge in [-0.1, -0.05) is 12.1 Å². The van der Waals surface area contributed by atoms with Crippen LogP contribution in [0.15, 0.2) is 42.6 Å². The van der Waals surface area contributed by atoms with Crippen LogP contribution in [0, 0.1) is 5.92 Å². The van der Waals surface area contributed by atoms with Crippen molar-refractivity contribution in [2.24, 2.45) is 5.92 Å². The number of rotatable bonds is 7. The second-order valence-electron chi connectivity index (χ2n) is 8.20. The third kappa shape index (κ3) is 6.26. The topological polar surface area (TPSA) is 51.7 Å². The zero-order valence-corrected chi connectivity index (χ0v) is 17.4. The highest BCUT2D eigenvalue weighted by atomic mass is 19.1. The maximum Gasteiger partial charge on any atom is 0.337 e. The highest BCUT2D eigenvalue weighted by molar-refractivity contribution is 5.89.